The van der Waals surface area contributed by atoms with Crippen LogP contribution in [-0.2, 0) is 4.79 Å². The van der Waals surface area contributed by atoms with E-state index >= 15 is 0 Å². The van der Waals surface area contributed by atoms with Gasteiger partial charge in [0.05, 0.1) is 25.2 Å². The molecule has 0 saturated heterocycles. The number of aromatic nitrogens is 1. The number of methoxy groups -OCH3 is 2. The lowest BCUT2D eigenvalue weighted by Gasteiger charge is -2.15. The van der Waals surface area contributed by atoms with E-state index in [4.69, 9.17) is 9.47 Å². The summed E-state index contributed by atoms with van der Waals surface area (Å²) in [6.07, 6.45) is 0.649. The molecule has 7 nitrogen and oxygen atoms in total. The number of ether oxygens (including phenoxy) is 2. The molecule has 0 aliphatic rings. The quantitative estimate of drug-likeness (QED) is 0.415. The first kappa shape index (κ1) is 23.6. The Bertz CT molecular complexity index is 1080. The third kappa shape index (κ3) is 5.80. The second kappa shape index (κ2) is 11.0. The molecule has 2 aromatic carbocycles. The monoisotopic (exact) mass is 471 g/mol. The van der Waals surface area contributed by atoms with E-state index in [1.165, 1.54) is 37.3 Å². The highest BCUT2D eigenvalue weighted by Gasteiger charge is 2.21. The van der Waals surface area contributed by atoms with Gasteiger partial charge in [-0.25, -0.2) is 4.98 Å². The van der Waals surface area contributed by atoms with E-state index in [-0.39, 0.29) is 17.1 Å². The Labute approximate surface area is 195 Å². The summed E-state index contributed by atoms with van der Waals surface area (Å²) in [4.78, 5) is 30.8. The summed E-state index contributed by atoms with van der Waals surface area (Å²) in [7, 11) is 3.01. The summed E-state index contributed by atoms with van der Waals surface area (Å²) in [5.74, 6) is 0.408. The second-order valence-electron chi connectivity index (χ2n) is 6.82. The number of nitrogens with one attached hydrogen (secondary N) is 2. The van der Waals surface area contributed by atoms with E-state index in [2.05, 4.69) is 15.6 Å². The van der Waals surface area contributed by atoms with Crippen LogP contribution in [0.4, 0.5) is 10.8 Å². The molecular formula is C23H25N3O4S2. The number of thiazole rings is 1. The molecule has 0 bridgehead atoms. The third-order valence-corrected chi connectivity index (χ3v) is 6.77. The summed E-state index contributed by atoms with van der Waals surface area (Å²) in [5.41, 5.74) is 1.81. The van der Waals surface area contributed by atoms with Crippen molar-refractivity contribution in [2.75, 3.05) is 24.9 Å². The first-order valence-electron chi connectivity index (χ1n) is 9.97. The van der Waals surface area contributed by atoms with Crippen molar-refractivity contribution in [2.24, 2.45) is 0 Å². The molecule has 1 heterocycles. The third-order valence-electron chi connectivity index (χ3n) is 4.54. The molecule has 32 heavy (non-hydrogen) atoms. The Balaban J connectivity index is 1.72. The van der Waals surface area contributed by atoms with Gasteiger partial charge in [-0.1, -0.05) is 19.1 Å². The zero-order chi connectivity index (χ0) is 23.1. The van der Waals surface area contributed by atoms with E-state index < -0.39 is 0 Å². The Hall–Kier alpha value is -3.04. The second-order valence-corrected chi connectivity index (χ2v) is 8.95. The minimum Gasteiger partial charge on any atom is -0.496 e. The lowest BCUT2D eigenvalue weighted by atomic mass is 10.1. The van der Waals surface area contributed by atoms with Crippen LogP contribution >= 0.6 is 23.1 Å². The predicted octanol–water partition coefficient (Wildman–Crippen LogP) is 5.23. The molecule has 0 spiro atoms. The zero-order valence-electron chi connectivity index (χ0n) is 18.3. The first-order chi connectivity index (χ1) is 15.4. The molecular weight excluding hydrogens is 446 g/mol. The van der Waals surface area contributed by atoms with E-state index in [1.54, 1.807) is 24.3 Å². The summed E-state index contributed by atoms with van der Waals surface area (Å²) >= 11 is 2.84. The van der Waals surface area contributed by atoms with Crippen LogP contribution < -0.4 is 20.1 Å². The van der Waals surface area contributed by atoms with E-state index in [9.17, 15) is 9.59 Å². The number of carbonyl (C=O) groups is 2. The van der Waals surface area contributed by atoms with Crippen LogP contribution in [0.2, 0.25) is 0 Å². The minimum absolute atomic E-state index is 0.0972. The molecule has 1 unspecified atom stereocenters. The van der Waals surface area contributed by atoms with Crippen LogP contribution in [0, 0.1) is 6.92 Å². The zero-order valence-corrected chi connectivity index (χ0v) is 19.9. The predicted molar refractivity (Wildman–Crippen MR) is 129 cm³/mol. The van der Waals surface area contributed by atoms with E-state index in [0.717, 1.165) is 10.6 Å². The molecule has 2 N–H and O–H groups in total. The van der Waals surface area contributed by atoms with Gasteiger partial charge in [0.1, 0.15) is 17.1 Å². The van der Waals surface area contributed by atoms with Gasteiger partial charge >= 0.3 is 0 Å². The molecule has 9 heteroatoms. The fraction of sp³-hybridized carbons (Fsp3) is 0.261. The van der Waals surface area contributed by atoms with Gasteiger partial charge in [-0.15, -0.1) is 23.1 Å². The molecule has 0 fully saturated rings. The van der Waals surface area contributed by atoms with E-state index in [1.807, 2.05) is 37.4 Å². The maximum atomic E-state index is 12.9. The van der Waals surface area contributed by atoms with Crippen LogP contribution in [-0.4, -0.2) is 36.3 Å². The fourth-order valence-corrected chi connectivity index (χ4v) is 4.70. The van der Waals surface area contributed by atoms with Crippen molar-refractivity contribution >= 4 is 45.7 Å². The molecule has 1 aromatic heterocycles. The first-order valence-corrected chi connectivity index (χ1v) is 11.7. The van der Waals surface area contributed by atoms with E-state index in [0.29, 0.717) is 34.3 Å². The van der Waals surface area contributed by atoms with Gasteiger partial charge in [0.25, 0.3) is 5.91 Å². The molecule has 0 aliphatic heterocycles. The maximum absolute atomic E-state index is 12.9. The maximum Gasteiger partial charge on any atom is 0.263 e. The highest BCUT2D eigenvalue weighted by molar-refractivity contribution is 8.00. The largest absolute Gasteiger partial charge is 0.496 e. The van der Waals surface area contributed by atoms with Gasteiger partial charge in [0, 0.05) is 16.0 Å². The Kier molecular flexibility index (Phi) is 8.13. The molecule has 3 rings (SSSR count). The van der Waals surface area contributed by atoms with Crippen molar-refractivity contribution in [3.05, 3.63) is 59.1 Å². The number of amides is 2. The molecule has 2 amide bonds. The van der Waals surface area contributed by atoms with Crippen LogP contribution in [0.15, 0.2) is 52.7 Å². The molecule has 1 atom stereocenters. The van der Waals surface area contributed by atoms with Gasteiger partial charge < -0.3 is 20.1 Å². The molecule has 0 radical (unpaired) electrons. The SMILES string of the molecule is CCC(Sc1cccc(NC(=O)c2c(OC)cccc2OC)c1)C(=O)Nc1nc(C)cs1. The molecule has 168 valence electrons. The lowest BCUT2D eigenvalue weighted by molar-refractivity contribution is -0.115. The number of hydrogen-bond donors (Lipinski definition) is 2. The standard InChI is InChI=1S/C23H25N3O4S2/c1-5-19(21(27)26-23-24-14(2)13-31-23)32-16-9-6-8-15(12-16)25-22(28)20-17(29-3)10-7-11-18(20)30-4/h6-13,19H,5H2,1-4H3,(H,25,28)(H,24,26,27). The highest BCUT2D eigenvalue weighted by Crippen LogP contribution is 2.31. The van der Waals surface area contributed by atoms with Crippen molar-refractivity contribution in [3.8, 4) is 11.5 Å². The normalized spacial score (nSPS) is 11.5. The van der Waals surface area contributed by atoms with Gasteiger partial charge in [0.2, 0.25) is 5.91 Å². The topological polar surface area (TPSA) is 89.5 Å². The summed E-state index contributed by atoms with van der Waals surface area (Å²) in [6.45, 7) is 3.85. The average Bonchev–Trinajstić information content (AvgIpc) is 3.21. The number of carbonyl (C=O) groups excluding carboxylic acids is 2. The number of thioether (sulfide) groups is 1. The summed E-state index contributed by atoms with van der Waals surface area (Å²) in [5, 5.41) is 7.97. The van der Waals surface area contributed by atoms with Crippen molar-refractivity contribution in [1.29, 1.82) is 0 Å². The van der Waals surface area contributed by atoms with Gasteiger partial charge in [-0.3, -0.25) is 9.59 Å². The number of benzene rings is 2. The van der Waals surface area contributed by atoms with Crippen LogP contribution in [0.3, 0.4) is 0 Å². The number of rotatable bonds is 9. The lowest BCUT2D eigenvalue weighted by Crippen LogP contribution is -2.24. The summed E-state index contributed by atoms with van der Waals surface area (Å²) in [6, 6.07) is 12.6. The van der Waals surface area contributed by atoms with Crippen molar-refractivity contribution < 1.29 is 19.1 Å². The van der Waals surface area contributed by atoms with Gasteiger partial charge in [-0.05, 0) is 43.7 Å². The number of nitrogens with zero attached hydrogens (tertiary/aromatic N) is 1. The number of aryl methyl sites for hydroxylation is 1. The number of hydrogen-bond acceptors (Lipinski definition) is 7. The molecule has 0 saturated carbocycles. The average molecular weight is 472 g/mol. The van der Waals surface area contributed by atoms with Gasteiger partial charge in [-0.2, -0.15) is 0 Å². The van der Waals surface area contributed by atoms with Crippen LogP contribution in [0.1, 0.15) is 29.4 Å². The minimum atomic E-state index is -0.342. The highest BCUT2D eigenvalue weighted by atomic mass is 32.2. The summed E-state index contributed by atoms with van der Waals surface area (Å²) < 4.78 is 10.6. The Morgan fingerprint density at radius 2 is 1.78 bits per heavy atom. The molecule has 3 aromatic rings. The Morgan fingerprint density at radius 3 is 2.38 bits per heavy atom. The molecule has 0 aliphatic carbocycles. The number of anilines is 2. The van der Waals surface area contributed by atoms with Crippen molar-refractivity contribution in [2.45, 2.75) is 30.4 Å². The van der Waals surface area contributed by atoms with Crippen LogP contribution in [0.5, 0.6) is 11.5 Å². The van der Waals surface area contributed by atoms with Crippen LogP contribution in [0.25, 0.3) is 0 Å². The van der Waals surface area contributed by atoms with Crippen molar-refractivity contribution in [3.63, 3.8) is 0 Å². The smallest absolute Gasteiger partial charge is 0.263 e. The fourth-order valence-electron chi connectivity index (χ4n) is 3.00. The van der Waals surface area contributed by atoms with Crippen molar-refractivity contribution in [1.82, 2.24) is 4.98 Å². The van der Waals surface area contributed by atoms with Gasteiger partial charge in [0.15, 0.2) is 5.13 Å². The Morgan fingerprint density at radius 1 is 1.09 bits per heavy atom.